The van der Waals surface area contributed by atoms with Crippen molar-refractivity contribution in [1.29, 1.82) is 0 Å². The monoisotopic (exact) mass is 606 g/mol. The molecule has 0 saturated carbocycles. The lowest BCUT2D eigenvalue weighted by atomic mass is 10.1. The summed E-state index contributed by atoms with van der Waals surface area (Å²) in [6.07, 6.45) is 4.95. The Hall–Kier alpha value is -3.79. The van der Waals surface area contributed by atoms with Gasteiger partial charge < -0.3 is 19.8 Å². The summed E-state index contributed by atoms with van der Waals surface area (Å²) in [7, 11) is -0.788. The molecule has 2 aromatic heterocycles. The van der Waals surface area contributed by atoms with E-state index in [-0.39, 0.29) is 12.4 Å². The normalized spacial score (nSPS) is 12.8. The second-order valence-corrected chi connectivity index (χ2v) is 12.0. The molecule has 2 unspecified atom stereocenters. The maximum Gasteiger partial charge on any atom is 0.141 e. The molecule has 0 aliphatic heterocycles. The number of anilines is 2. The summed E-state index contributed by atoms with van der Waals surface area (Å²) in [6.45, 7) is 3.07. The van der Waals surface area contributed by atoms with Crippen molar-refractivity contribution in [3.05, 3.63) is 101 Å². The van der Waals surface area contributed by atoms with Crippen molar-refractivity contribution in [3.63, 3.8) is 0 Å². The molecule has 2 N–H and O–H groups in total. The molecule has 0 spiro atoms. The van der Waals surface area contributed by atoms with E-state index in [1.807, 2.05) is 36.4 Å². The third-order valence-corrected chi connectivity index (χ3v) is 7.84. The standard InChI is InChI=1S/C32H32ClFN4O3S/c1-21(35-14-15-42(2)39)6-9-26-10-13-30(41-26)23-7-11-29-27(17-23)32(37-20-36-29)38-25-8-12-31(28(33)18-25)40-19-22-4-3-5-24(34)16-22/h3-5,7-8,10-13,16-18,20-21,35H,6,9,14-15,19H2,1-2H3,(H,36,37,38). The van der Waals surface area contributed by atoms with Crippen LogP contribution in [-0.2, 0) is 23.8 Å². The number of aryl methyl sites for hydroxylation is 1. The van der Waals surface area contributed by atoms with E-state index in [9.17, 15) is 8.60 Å². The van der Waals surface area contributed by atoms with Crippen LogP contribution in [-0.4, -0.2) is 38.8 Å². The van der Waals surface area contributed by atoms with Gasteiger partial charge in [0, 0.05) is 58.5 Å². The summed E-state index contributed by atoms with van der Waals surface area (Å²) in [5.74, 6) is 3.16. The van der Waals surface area contributed by atoms with Gasteiger partial charge in [-0.3, -0.25) is 4.21 Å². The van der Waals surface area contributed by atoms with Crippen molar-refractivity contribution in [2.24, 2.45) is 0 Å². The van der Waals surface area contributed by atoms with Crippen molar-refractivity contribution in [1.82, 2.24) is 15.3 Å². The number of benzene rings is 3. The lowest BCUT2D eigenvalue weighted by Gasteiger charge is -2.12. The molecule has 2 heterocycles. The number of hydrogen-bond acceptors (Lipinski definition) is 7. The zero-order chi connectivity index (χ0) is 29.5. The van der Waals surface area contributed by atoms with Crippen LogP contribution in [0.2, 0.25) is 5.02 Å². The van der Waals surface area contributed by atoms with Crippen molar-refractivity contribution >= 4 is 44.8 Å². The molecule has 7 nitrogen and oxygen atoms in total. The van der Waals surface area contributed by atoms with Gasteiger partial charge in [-0.25, -0.2) is 14.4 Å². The first-order valence-corrected chi connectivity index (χ1v) is 15.8. The molecule has 5 rings (SSSR count). The Labute approximate surface area is 251 Å². The number of ether oxygens (including phenoxy) is 1. The van der Waals surface area contributed by atoms with E-state index < -0.39 is 10.8 Å². The molecule has 0 amide bonds. The third-order valence-electron chi connectivity index (χ3n) is 6.77. The SMILES string of the molecule is CC(CCc1ccc(-c2ccc3ncnc(Nc4ccc(OCc5cccc(F)c5)c(Cl)c4)c3c2)o1)NCCS(C)=O. The van der Waals surface area contributed by atoms with Gasteiger partial charge in [0.15, 0.2) is 0 Å². The van der Waals surface area contributed by atoms with Gasteiger partial charge in [0.05, 0.1) is 10.5 Å². The van der Waals surface area contributed by atoms with Gasteiger partial charge in [-0.05, 0) is 79.6 Å². The smallest absolute Gasteiger partial charge is 0.141 e. The van der Waals surface area contributed by atoms with Crippen LogP contribution in [0.1, 0.15) is 24.7 Å². The van der Waals surface area contributed by atoms with Crippen LogP contribution < -0.4 is 15.4 Å². The van der Waals surface area contributed by atoms with E-state index in [0.29, 0.717) is 33.9 Å². The highest BCUT2D eigenvalue weighted by atomic mass is 35.5. The van der Waals surface area contributed by atoms with E-state index in [1.165, 1.54) is 18.5 Å². The Kier molecular flexibility index (Phi) is 9.84. The number of fused-ring (bicyclic) bond motifs is 1. The Morgan fingerprint density at radius 3 is 2.76 bits per heavy atom. The van der Waals surface area contributed by atoms with Gasteiger partial charge in [0.2, 0.25) is 0 Å². The summed E-state index contributed by atoms with van der Waals surface area (Å²) in [5.41, 5.74) is 3.16. The van der Waals surface area contributed by atoms with E-state index in [2.05, 4.69) is 27.5 Å². The lowest BCUT2D eigenvalue weighted by Crippen LogP contribution is -2.30. The van der Waals surface area contributed by atoms with Crippen molar-refractivity contribution in [3.8, 4) is 17.1 Å². The van der Waals surface area contributed by atoms with E-state index >= 15 is 0 Å². The molecule has 0 bridgehead atoms. The first kappa shape index (κ1) is 29.7. The lowest BCUT2D eigenvalue weighted by molar-refractivity contribution is 0.306. The first-order valence-electron chi connectivity index (χ1n) is 13.6. The predicted octanol–water partition coefficient (Wildman–Crippen LogP) is 7.29. The fraction of sp³-hybridized carbons (Fsp3) is 0.250. The topological polar surface area (TPSA) is 89.3 Å². The molecule has 5 aromatic rings. The van der Waals surface area contributed by atoms with Crippen LogP contribution in [0.15, 0.2) is 83.5 Å². The third kappa shape index (κ3) is 7.94. The molecule has 42 heavy (non-hydrogen) atoms. The van der Waals surface area contributed by atoms with E-state index in [0.717, 1.165) is 53.1 Å². The molecule has 2 atom stereocenters. The number of halogens is 2. The fourth-order valence-electron chi connectivity index (χ4n) is 4.51. The van der Waals surface area contributed by atoms with E-state index in [4.69, 9.17) is 20.8 Å². The Morgan fingerprint density at radius 1 is 1.07 bits per heavy atom. The molecule has 10 heteroatoms. The second-order valence-electron chi connectivity index (χ2n) is 10.1. The van der Waals surface area contributed by atoms with Gasteiger partial charge in [-0.15, -0.1) is 0 Å². The maximum absolute atomic E-state index is 13.5. The van der Waals surface area contributed by atoms with Crippen LogP contribution in [0, 0.1) is 5.82 Å². The average molecular weight is 607 g/mol. The summed E-state index contributed by atoms with van der Waals surface area (Å²) < 4.78 is 36.7. The van der Waals surface area contributed by atoms with Gasteiger partial charge in [-0.1, -0.05) is 23.7 Å². The summed E-state index contributed by atoms with van der Waals surface area (Å²) in [4.78, 5) is 8.89. The Bertz CT molecular complexity index is 1700. The number of nitrogens with zero attached hydrogens (tertiary/aromatic N) is 2. The van der Waals surface area contributed by atoms with Crippen molar-refractivity contribution in [2.45, 2.75) is 32.4 Å². The highest BCUT2D eigenvalue weighted by Crippen LogP contribution is 2.33. The zero-order valence-corrected chi connectivity index (χ0v) is 25.0. The minimum absolute atomic E-state index is 0.204. The van der Waals surface area contributed by atoms with Crippen LogP contribution in [0.5, 0.6) is 5.75 Å². The average Bonchev–Trinajstić information content (AvgIpc) is 3.45. The molecule has 0 aliphatic carbocycles. The summed E-state index contributed by atoms with van der Waals surface area (Å²) in [6, 6.07) is 21.9. The number of hydrogen-bond donors (Lipinski definition) is 2. The van der Waals surface area contributed by atoms with Gasteiger partial charge in [0.25, 0.3) is 0 Å². The molecular formula is C32H32ClFN4O3S. The molecule has 0 saturated heterocycles. The van der Waals surface area contributed by atoms with E-state index in [1.54, 1.807) is 30.5 Å². The van der Waals surface area contributed by atoms with Crippen LogP contribution >= 0.6 is 11.6 Å². The highest BCUT2D eigenvalue weighted by Gasteiger charge is 2.12. The predicted molar refractivity (Wildman–Crippen MR) is 167 cm³/mol. The molecule has 0 aliphatic rings. The quantitative estimate of drug-likeness (QED) is 0.145. The minimum Gasteiger partial charge on any atom is -0.487 e. The van der Waals surface area contributed by atoms with Gasteiger partial charge in [0.1, 0.15) is 41.8 Å². The molecule has 3 aromatic carbocycles. The van der Waals surface area contributed by atoms with Crippen LogP contribution in [0.25, 0.3) is 22.2 Å². The fourth-order valence-corrected chi connectivity index (χ4v) is 5.15. The maximum atomic E-state index is 13.5. The number of furan rings is 1. The minimum atomic E-state index is -0.788. The second kappa shape index (κ2) is 13.9. The van der Waals surface area contributed by atoms with Crippen LogP contribution in [0.3, 0.4) is 0 Å². The molecule has 0 fully saturated rings. The van der Waals surface area contributed by atoms with Crippen LogP contribution in [0.4, 0.5) is 15.9 Å². The van der Waals surface area contributed by atoms with Crippen molar-refractivity contribution in [2.75, 3.05) is 23.9 Å². The molecule has 0 radical (unpaired) electrons. The number of nitrogens with one attached hydrogen (secondary N) is 2. The molecule has 218 valence electrons. The summed E-state index contributed by atoms with van der Waals surface area (Å²) in [5, 5.41) is 8.00. The van der Waals surface area contributed by atoms with Gasteiger partial charge in [-0.2, -0.15) is 0 Å². The number of aromatic nitrogens is 2. The Balaban J connectivity index is 1.26. The van der Waals surface area contributed by atoms with Gasteiger partial charge >= 0.3 is 0 Å². The highest BCUT2D eigenvalue weighted by molar-refractivity contribution is 7.84. The Morgan fingerprint density at radius 2 is 1.95 bits per heavy atom. The summed E-state index contributed by atoms with van der Waals surface area (Å²) >= 11 is 6.50. The number of rotatable bonds is 13. The largest absolute Gasteiger partial charge is 0.487 e. The zero-order valence-electron chi connectivity index (χ0n) is 23.4. The first-order chi connectivity index (χ1) is 20.3. The van der Waals surface area contributed by atoms with Crippen molar-refractivity contribution < 1.29 is 17.8 Å². The molecular weight excluding hydrogens is 575 g/mol.